The number of amides is 1. The summed E-state index contributed by atoms with van der Waals surface area (Å²) in [6.45, 7) is 3.13. The van der Waals surface area contributed by atoms with E-state index in [0.717, 1.165) is 59.3 Å². The molecule has 3 aromatic carbocycles. The lowest BCUT2D eigenvalue weighted by Crippen LogP contribution is -2.44. The molecule has 1 atom stereocenters. The van der Waals surface area contributed by atoms with E-state index in [0.29, 0.717) is 24.7 Å². The Kier molecular flexibility index (Phi) is 9.42. The number of hydrogen-bond donors (Lipinski definition) is 0. The number of methoxy groups -OCH3 is 1. The smallest absolute Gasteiger partial charge is 0.258 e. The minimum absolute atomic E-state index is 0.0106. The highest BCUT2D eigenvalue weighted by atomic mass is 32.2. The maximum absolute atomic E-state index is 13.8. The van der Waals surface area contributed by atoms with E-state index in [4.69, 9.17) is 23.7 Å². The number of carbonyl (C=O) groups excluding carboxylic acids is 1. The Morgan fingerprint density at radius 1 is 0.976 bits per heavy atom. The Morgan fingerprint density at radius 3 is 2.61 bits per heavy atom. The molecule has 10 heteroatoms. The van der Waals surface area contributed by atoms with Crippen molar-refractivity contribution in [1.82, 2.24) is 4.90 Å². The van der Waals surface area contributed by atoms with Crippen molar-refractivity contribution in [3.8, 4) is 28.7 Å². The Labute approximate surface area is 250 Å². The van der Waals surface area contributed by atoms with Gasteiger partial charge in [0.15, 0.2) is 15.6 Å². The summed E-state index contributed by atoms with van der Waals surface area (Å²) in [4.78, 5) is 18.9. The molecule has 0 saturated carbocycles. The highest BCUT2D eigenvalue weighted by molar-refractivity contribution is 8.18. The fourth-order valence-electron chi connectivity index (χ4n) is 4.84. The summed E-state index contributed by atoms with van der Waals surface area (Å²) in [6, 6.07) is 19.4. The van der Waals surface area contributed by atoms with Crippen molar-refractivity contribution >= 4 is 35.1 Å². The lowest BCUT2D eigenvalue weighted by Gasteiger charge is -2.40. The number of nitrogens with zero attached hydrogens (tertiary/aromatic N) is 2. The van der Waals surface area contributed by atoms with Gasteiger partial charge in [0, 0.05) is 30.1 Å². The van der Waals surface area contributed by atoms with Crippen LogP contribution in [0.1, 0.15) is 18.4 Å². The SMILES string of the molecule is COc1ccc(OCCCCN(C)CCOc2ccc3c(c2)OCO3)c(C2(SC)Sc3ccccc3N(C)C2=O)c1. The Bertz CT molecular complexity index is 1370. The van der Waals surface area contributed by atoms with Gasteiger partial charge in [-0.3, -0.25) is 4.79 Å². The van der Waals surface area contributed by atoms with Gasteiger partial charge in [-0.05, 0) is 75.2 Å². The summed E-state index contributed by atoms with van der Waals surface area (Å²) in [5.41, 5.74) is 1.74. The number of fused-ring (bicyclic) bond motifs is 2. The number of ether oxygens (including phenoxy) is 5. The van der Waals surface area contributed by atoms with E-state index in [1.54, 1.807) is 23.8 Å². The second-order valence-electron chi connectivity index (χ2n) is 9.84. The molecule has 5 rings (SSSR count). The standard InChI is InChI=1S/C31H36N2O6S2/c1-32(16-18-36-23-12-14-27-28(20-23)39-21-38-27)15-7-8-17-37-26-13-11-22(35-3)19-24(26)31(40-4)30(34)33(2)25-9-5-6-10-29(25)41-31/h5-6,9-14,19-20H,7-8,15-18,21H2,1-4H3. The zero-order chi connectivity index (χ0) is 28.8. The number of likely N-dealkylation sites (N-methyl/N-ethyl adjacent to an activating group) is 2. The number of rotatable bonds is 13. The molecular weight excluding hydrogens is 560 g/mol. The highest BCUT2D eigenvalue weighted by Crippen LogP contribution is 2.58. The van der Waals surface area contributed by atoms with Gasteiger partial charge in [0.1, 0.15) is 23.9 Å². The second-order valence-corrected chi connectivity index (χ2v) is 12.4. The van der Waals surface area contributed by atoms with Gasteiger partial charge < -0.3 is 33.5 Å². The predicted molar refractivity (Wildman–Crippen MR) is 164 cm³/mol. The normalized spacial score (nSPS) is 17.5. The molecule has 0 aliphatic carbocycles. The molecule has 218 valence electrons. The molecule has 8 nitrogen and oxygen atoms in total. The molecule has 0 bridgehead atoms. The monoisotopic (exact) mass is 596 g/mol. The molecule has 0 spiro atoms. The van der Waals surface area contributed by atoms with Crippen LogP contribution in [0.3, 0.4) is 0 Å². The third-order valence-corrected chi connectivity index (χ3v) is 10.1. The molecule has 0 fully saturated rings. The molecule has 2 aliphatic heterocycles. The molecule has 41 heavy (non-hydrogen) atoms. The van der Waals surface area contributed by atoms with Gasteiger partial charge in [0.25, 0.3) is 5.91 Å². The van der Waals surface area contributed by atoms with E-state index in [2.05, 4.69) is 18.0 Å². The molecule has 2 heterocycles. The summed E-state index contributed by atoms with van der Waals surface area (Å²) in [7, 11) is 5.57. The van der Waals surface area contributed by atoms with Crippen molar-refractivity contribution < 1.29 is 28.5 Å². The first kappa shape index (κ1) is 29.3. The fraction of sp³-hybridized carbons (Fsp3) is 0.387. The summed E-state index contributed by atoms with van der Waals surface area (Å²) in [5.74, 6) is 3.67. The molecule has 1 amide bonds. The zero-order valence-corrected chi connectivity index (χ0v) is 25.5. The van der Waals surface area contributed by atoms with Crippen molar-refractivity contribution in [2.24, 2.45) is 0 Å². The average Bonchev–Trinajstić information content (AvgIpc) is 3.47. The van der Waals surface area contributed by atoms with Crippen LogP contribution in [-0.4, -0.2) is 71.4 Å². The van der Waals surface area contributed by atoms with Crippen LogP contribution < -0.4 is 28.6 Å². The molecule has 0 aromatic heterocycles. The fourth-order valence-corrected chi connectivity index (χ4v) is 7.39. The first-order valence-corrected chi connectivity index (χ1v) is 15.6. The molecule has 0 N–H and O–H groups in total. The van der Waals surface area contributed by atoms with E-state index in [-0.39, 0.29) is 12.7 Å². The molecule has 0 radical (unpaired) electrons. The maximum atomic E-state index is 13.8. The summed E-state index contributed by atoms with van der Waals surface area (Å²) in [6.07, 6.45) is 3.83. The predicted octanol–water partition coefficient (Wildman–Crippen LogP) is 5.88. The van der Waals surface area contributed by atoms with Gasteiger partial charge in [0.05, 0.1) is 19.4 Å². The number of benzene rings is 3. The van der Waals surface area contributed by atoms with Gasteiger partial charge in [-0.2, -0.15) is 0 Å². The Morgan fingerprint density at radius 2 is 1.78 bits per heavy atom. The molecular formula is C31H36N2O6S2. The molecule has 1 unspecified atom stereocenters. The van der Waals surface area contributed by atoms with Gasteiger partial charge in [0.2, 0.25) is 6.79 Å². The largest absolute Gasteiger partial charge is 0.497 e. The van der Waals surface area contributed by atoms with Crippen LogP contribution in [-0.2, 0) is 8.87 Å². The Balaban J connectivity index is 1.15. The van der Waals surface area contributed by atoms with Crippen molar-refractivity contribution in [1.29, 1.82) is 0 Å². The van der Waals surface area contributed by atoms with Crippen LogP contribution in [0.15, 0.2) is 65.6 Å². The lowest BCUT2D eigenvalue weighted by atomic mass is 10.1. The average molecular weight is 597 g/mol. The first-order chi connectivity index (χ1) is 19.9. The Hall–Kier alpha value is -3.21. The van der Waals surface area contributed by atoms with Crippen molar-refractivity contribution in [3.05, 3.63) is 66.2 Å². The number of hydrogen-bond acceptors (Lipinski definition) is 9. The second kappa shape index (κ2) is 13.2. The summed E-state index contributed by atoms with van der Waals surface area (Å²) in [5, 5.41) is 0. The number of carbonyl (C=O) groups is 1. The van der Waals surface area contributed by atoms with Crippen LogP contribution in [0.2, 0.25) is 0 Å². The minimum Gasteiger partial charge on any atom is -0.497 e. The van der Waals surface area contributed by atoms with Crippen LogP contribution in [0, 0.1) is 0 Å². The molecule has 0 saturated heterocycles. The quantitative estimate of drug-likeness (QED) is 0.225. The summed E-state index contributed by atoms with van der Waals surface area (Å²) >= 11 is 3.09. The minimum atomic E-state index is -0.884. The van der Waals surface area contributed by atoms with E-state index >= 15 is 0 Å². The van der Waals surface area contributed by atoms with Gasteiger partial charge >= 0.3 is 0 Å². The van der Waals surface area contributed by atoms with Gasteiger partial charge in [-0.25, -0.2) is 0 Å². The third kappa shape index (κ3) is 6.34. The number of unbranched alkanes of at least 4 members (excludes halogenated alkanes) is 1. The van der Waals surface area contributed by atoms with Crippen molar-refractivity contribution in [3.63, 3.8) is 0 Å². The van der Waals surface area contributed by atoms with Crippen LogP contribution >= 0.6 is 23.5 Å². The van der Waals surface area contributed by atoms with E-state index in [1.807, 2.05) is 67.9 Å². The van der Waals surface area contributed by atoms with E-state index in [9.17, 15) is 4.79 Å². The van der Waals surface area contributed by atoms with Gasteiger partial charge in [-0.1, -0.05) is 23.9 Å². The molecule has 2 aliphatic rings. The lowest BCUT2D eigenvalue weighted by molar-refractivity contribution is -0.118. The van der Waals surface area contributed by atoms with Gasteiger partial charge in [-0.15, -0.1) is 11.8 Å². The highest BCUT2D eigenvalue weighted by Gasteiger charge is 2.49. The van der Waals surface area contributed by atoms with Crippen molar-refractivity contribution in [2.75, 3.05) is 65.5 Å². The third-order valence-electron chi connectivity index (χ3n) is 7.17. The number of para-hydroxylation sites is 1. The van der Waals surface area contributed by atoms with Crippen LogP contribution in [0.5, 0.6) is 28.7 Å². The van der Waals surface area contributed by atoms with Crippen LogP contribution in [0.25, 0.3) is 0 Å². The van der Waals surface area contributed by atoms with E-state index in [1.165, 1.54) is 11.8 Å². The van der Waals surface area contributed by atoms with Crippen LogP contribution in [0.4, 0.5) is 5.69 Å². The van der Waals surface area contributed by atoms with Crippen molar-refractivity contribution in [2.45, 2.75) is 21.8 Å². The molecule has 3 aromatic rings. The van der Waals surface area contributed by atoms with E-state index < -0.39 is 4.08 Å². The first-order valence-electron chi connectivity index (χ1n) is 13.6. The zero-order valence-electron chi connectivity index (χ0n) is 23.9. The summed E-state index contributed by atoms with van der Waals surface area (Å²) < 4.78 is 27.6. The topological polar surface area (TPSA) is 69.7 Å². The number of anilines is 1. The maximum Gasteiger partial charge on any atom is 0.258 e. The number of thioether (sulfide) groups is 2.